The molecule has 0 unspecified atom stereocenters. The SMILES string of the molecule is [CH2-]Cc1ccc(CC2=CC[C@@H](O)[C@@H]2COc2cc(Cl)cc(CO)c2)s1.[Y]. The summed E-state index contributed by atoms with van der Waals surface area (Å²) >= 11 is 7.82. The molecule has 3 nitrogen and oxygen atoms in total. The van der Waals surface area contributed by atoms with E-state index in [4.69, 9.17) is 16.3 Å². The molecule has 1 aromatic carbocycles. The van der Waals surface area contributed by atoms with Crippen LogP contribution in [0.25, 0.3) is 0 Å². The number of aliphatic hydroxyl groups excluding tert-OH is 2. The Labute approximate surface area is 188 Å². The molecule has 2 N–H and O–H groups in total. The smallest absolute Gasteiger partial charge is 0.121 e. The maximum Gasteiger partial charge on any atom is 0.121 e. The predicted octanol–water partition coefficient (Wildman–Crippen LogP) is 4.20. The number of hydrogen-bond acceptors (Lipinski definition) is 4. The second-order valence-corrected chi connectivity index (χ2v) is 7.94. The van der Waals surface area contributed by atoms with Crippen molar-refractivity contribution in [3.8, 4) is 5.75 Å². The van der Waals surface area contributed by atoms with Gasteiger partial charge in [0.05, 0.1) is 19.3 Å². The van der Waals surface area contributed by atoms with Crippen molar-refractivity contribution in [3.63, 3.8) is 0 Å². The van der Waals surface area contributed by atoms with Crippen molar-refractivity contribution < 1.29 is 47.7 Å². The van der Waals surface area contributed by atoms with Crippen molar-refractivity contribution in [2.24, 2.45) is 5.92 Å². The van der Waals surface area contributed by atoms with E-state index in [1.165, 1.54) is 15.3 Å². The molecule has 2 aromatic rings. The van der Waals surface area contributed by atoms with Gasteiger partial charge in [0, 0.05) is 54.9 Å². The zero-order valence-corrected chi connectivity index (χ0v) is 18.9. The summed E-state index contributed by atoms with van der Waals surface area (Å²) in [6, 6.07) is 9.47. The van der Waals surface area contributed by atoms with Gasteiger partial charge >= 0.3 is 0 Å². The number of rotatable bonds is 7. The molecule has 137 valence electrons. The monoisotopic (exact) mass is 466 g/mol. The fourth-order valence-corrected chi connectivity index (χ4v) is 4.29. The molecule has 2 atom stereocenters. The van der Waals surface area contributed by atoms with Crippen molar-refractivity contribution >= 4 is 22.9 Å². The summed E-state index contributed by atoms with van der Waals surface area (Å²) in [6.07, 6.45) is 4.01. The Morgan fingerprint density at radius 1 is 1.23 bits per heavy atom. The topological polar surface area (TPSA) is 49.7 Å². The molecule has 0 amide bonds. The Balaban J connectivity index is 0.00000243. The predicted molar refractivity (Wildman–Crippen MR) is 102 cm³/mol. The van der Waals surface area contributed by atoms with Gasteiger partial charge in [-0.25, -0.2) is 0 Å². The number of thiophene rings is 1. The van der Waals surface area contributed by atoms with Gasteiger partial charge in [0.2, 0.25) is 0 Å². The Morgan fingerprint density at radius 2 is 2.00 bits per heavy atom. The van der Waals surface area contributed by atoms with E-state index < -0.39 is 6.10 Å². The van der Waals surface area contributed by atoms with E-state index in [-0.39, 0.29) is 45.2 Å². The third kappa shape index (κ3) is 5.64. The van der Waals surface area contributed by atoms with Gasteiger partial charge < -0.3 is 21.9 Å². The van der Waals surface area contributed by atoms with E-state index >= 15 is 0 Å². The summed E-state index contributed by atoms with van der Waals surface area (Å²) in [4.78, 5) is 2.56. The van der Waals surface area contributed by atoms with Crippen LogP contribution in [0.3, 0.4) is 0 Å². The Hall–Kier alpha value is -0.226. The molecule has 0 saturated heterocycles. The first-order chi connectivity index (χ1) is 12.1. The normalized spacial score (nSPS) is 19.2. The van der Waals surface area contributed by atoms with Crippen LogP contribution in [-0.4, -0.2) is 22.9 Å². The van der Waals surface area contributed by atoms with Crippen LogP contribution < -0.4 is 4.74 Å². The number of halogens is 1. The molecule has 1 aliphatic carbocycles. The summed E-state index contributed by atoms with van der Waals surface area (Å²) < 4.78 is 5.88. The maximum absolute atomic E-state index is 10.3. The van der Waals surface area contributed by atoms with E-state index in [9.17, 15) is 10.2 Å². The van der Waals surface area contributed by atoms with Crippen LogP contribution in [0, 0.1) is 12.8 Å². The van der Waals surface area contributed by atoms with Gasteiger partial charge in [-0.1, -0.05) is 29.3 Å². The van der Waals surface area contributed by atoms with Crippen molar-refractivity contribution in [2.75, 3.05) is 6.61 Å². The molecule has 3 rings (SSSR count). The van der Waals surface area contributed by atoms with Crippen molar-refractivity contribution in [2.45, 2.75) is 32.0 Å². The van der Waals surface area contributed by atoms with E-state index in [0.29, 0.717) is 29.4 Å². The first kappa shape index (κ1) is 22.1. The van der Waals surface area contributed by atoms with Crippen LogP contribution >= 0.6 is 22.9 Å². The molecular formula is C20H22ClO3SY-. The molecule has 1 heterocycles. The first-order valence-electron chi connectivity index (χ1n) is 8.36. The Bertz CT molecular complexity index is 759. The molecule has 1 aliphatic rings. The first-order valence-corrected chi connectivity index (χ1v) is 9.55. The fourth-order valence-electron chi connectivity index (χ4n) is 3.09. The van der Waals surface area contributed by atoms with Crippen LogP contribution in [0.1, 0.15) is 21.7 Å². The Kier molecular flexibility index (Phi) is 8.79. The molecule has 0 aliphatic heterocycles. The van der Waals surface area contributed by atoms with E-state index in [0.717, 1.165) is 12.8 Å². The maximum atomic E-state index is 10.3. The summed E-state index contributed by atoms with van der Waals surface area (Å²) in [5, 5.41) is 20.1. The molecule has 0 fully saturated rings. The van der Waals surface area contributed by atoms with Crippen LogP contribution in [0.2, 0.25) is 5.02 Å². The molecule has 0 bridgehead atoms. The minimum atomic E-state index is -0.418. The van der Waals surface area contributed by atoms with Crippen LogP contribution in [-0.2, 0) is 52.2 Å². The minimum Gasteiger partial charge on any atom is -0.493 e. The van der Waals surface area contributed by atoms with Gasteiger partial charge in [-0.3, -0.25) is 0 Å². The summed E-state index contributed by atoms with van der Waals surface area (Å²) in [5.74, 6) is 0.590. The molecule has 0 spiro atoms. The van der Waals surface area contributed by atoms with Crippen molar-refractivity contribution in [3.05, 3.63) is 69.2 Å². The van der Waals surface area contributed by atoms with Crippen molar-refractivity contribution in [1.82, 2.24) is 0 Å². The van der Waals surface area contributed by atoms with Gasteiger partial charge in [-0.15, -0.1) is 17.8 Å². The van der Waals surface area contributed by atoms with E-state index in [2.05, 4.69) is 25.1 Å². The van der Waals surface area contributed by atoms with Crippen LogP contribution in [0.4, 0.5) is 0 Å². The number of ether oxygens (including phenoxy) is 1. The number of aliphatic hydroxyl groups is 2. The number of benzene rings is 1. The average Bonchev–Trinajstić information content (AvgIpc) is 3.20. The molecule has 0 saturated carbocycles. The van der Waals surface area contributed by atoms with Gasteiger partial charge in [-0.2, -0.15) is 0 Å². The second kappa shape index (κ2) is 10.4. The third-order valence-electron chi connectivity index (χ3n) is 4.45. The Morgan fingerprint density at radius 3 is 2.69 bits per heavy atom. The van der Waals surface area contributed by atoms with Crippen molar-refractivity contribution in [1.29, 1.82) is 0 Å². The summed E-state index contributed by atoms with van der Waals surface area (Å²) in [5.41, 5.74) is 1.93. The molecular weight excluding hydrogens is 445 g/mol. The zero-order valence-electron chi connectivity index (χ0n) is 14.5. The quantitative estimate of drug-likeness (QED) is 0.475. The largest absolute Gasteiger partial charge is 0.493 e. The molecule has 1 aromatic heterocycles. The fraction of sp³-hybridized carbons (Fsp3) is 0.350. The molecule has 1 radical (unpaired) electrons. The molecule has 26 heavy (non-hydrogen) atoms. The van der Waals surface area contributed by atoms with E-state index in [1.54, 1.807) is 29.5 Å². The summed E-state index contributed by atoms with van der Waals surface area (Å²) in [7, 11) is 0. The van der Waals surface area contributed by atoms with Gasteiger partial charge in [0.15, 0.2) is 0 Å². The van der Waals surface area contributed by atoms with Crippen LogP contribution in [0.5, 0.6) is 5.75 Å². The van der Waals surface area contributed by atoms with Gasteiger partial charge in [0.1, 0.15) is 5.75 Å². The second-order valence-electron chi connectivity index (χ2n) is 6.25. The van der Waals surface area contributed by atoms with E-state index in [1.807, 2.05) is 0 Å². The third-order valence-corrected chi connectivity index (χ3v) is 5.81. The van der Waals surface area contributed by atoms with Gasteiger partial charge in [-0.05, 0) is 41.1 Å². The molecule has 6 heteroatoms. The minimum absolute atomic E-state index is 0. The summed E-state index contributed by atoms with van der Waals surface area (Å²) in [6.45, 7) is 4.23. The van der Waals surface area contributed by atoms with Gasteiger partial charge in [0.25, 0.3) is 0 Å². The average molecular weight is 467 g/mol. The standard InChI is InChI=1S/C20H22ClO3S.Y/c1-2-17-4-5-18(25-17)9-14-3-6-20(23)19(14)12-24-16-8-13(11-22)7-15(21)10-16;/h3-5,7-8,10,19-20,22-23H,1-2,6,9,11-12H2;/q-1;/t19-,20-;/m1./s1. The zero-order chi connectivity index (χ0) is 17.8. The van der Waals surface area contributed by atoms with Crippen LogP contribution in [0.15, 0.2) is 42.0 Å². The number of hydrogen-bond donors (Lipinski definition) is 2.